The van der Waals surface area contributed by atoms with Gasteiger partial charge in [0.05, 0.1) is 46.2 Å². The van der Waals surface area contributed by atoms with Crippen LogP contribution in [0.3, 0.4) is 0 Å². The van der Waals surface area contributed by atoms with Crippen LogP contribution in [0.25, 0.3) is 21.5 Å². The maximum atomic E-state index is 11.6. The SMILES string of the molecule is CC(C)(C)OC(=O)NCCOCCOCCBr.CN(CCOCCOCCCC(=O)OC(C)(C)C)c1ccc2cc(C=O)ccc2c1.CNc1ccc2cc(C=O)ccc2c1. The van der Waals surface area contributed by atoms with Crippen LogP contribution in [-0.2, 0) is 33.2 Å². The van der Waals surface area contributed by atoms with E-state index in [0.717, 1.165) is 62.9 Å². The topological polar surface area (TPSA) is 151 Å². The second-order valence-electron chi connectivity index (χ2n) is 15.8. The van der Waals surface area contributed by atoms with E-state index in [-0.39, 0.29) is 5.97 Å². The normalized spacial score (nSPS) is 11.1. The summed E-state index contributed by atoms with van der Waals surface area (Å²) in [6.45, 7) is 16.6. The molecule has 1 amide bonds. The van der Waals surface area contributed by atoms with E-state index in [4.69, 9.17) is 28.4 Å². The molecule has 0 heterocycles. The van der Waals surface area contributed by atoms with Crippen molar-refractivity contribution in [1.29, 1.82) is 0 Å². The van der Waals surface area contributed by atoms with Gasteiger partial charge < -0.3 is 44.0 Å². The van der Waals surface area contributed by atoms with E-state index >= 15 is 0 Å². The summed E-state index contributed by atoms with van der Waals surface area (Å²) in [6.07, 6.45) is 2.32. The Kier molecular flexibility index (Phi) is 24.8. The Labute approximate surface area is 370 Å². The summed E-state index contributed by atoms with van der Waals surface area (Å²) >= 11 is 3.26. The van der Waals surface area contributed by atoms with Crippen LogP contribution in [0.2, 0.25) is 0 Å². The Bertz CT molecular complexity index is 1910. The number of esters is 1. The predicted molar refractivity (Wildman–Crippen MR) is 248 cm³/mol. The first-order valence-corrected chi connectivity index (χ1v) is 21.6. The third-order valence-corrected chi connectivity index (χ3v) is 8.58. The minimum absolute atomic E-state index is 0.191. The fraction of sp³-hybridized carbons (Fsp3) is 0.489. The van der Waals surface area contributed by atoms with E-state index in [9.17, 15) is 19.2 Å². The number of likely N-dealkylation sites (N-methyl/N-ethyl adjacent to an activating group) is 1. The van der Waals surface area contributed by atoms with Gasteiger partial charge in [-0.15, -0.1) is 0 Å². The molecule has 13 nitrogen and oxygen atoms in total. The van der Waals surface area contributed by atoms with Crippen LogP contribution in [0, 0.1) is 0 Å². The maximum Gasteiger partial charge on any atom is 0.407 e. The smallest absolute Gasteiger partial charge is 0.407 e. The van der Waals surface area contributed by atoms with E-state index < -0.39 is 17.3 Å². The first-order chi connectivity index (χ1) is 29.1. The number of alkyl halides is 1. The van der Waals surface area contributed by atoms with Gasteiger partial charge >= 0.3 is 12.1 Å². The monoisotopic (exact) mass is 911 g/mol. The number of halogens is 1. The fourth-order valence-corrected chi connectivity index (χ4v) is 5.56. The average Bonchev–Trinajstić information content (AvgIpc) is 3.22. The van der Waals surface area contributed by atoms with E-state index in [1.165, 1.54) is 0 Å². The number of benzene rings is 4. The predicted octanol–water partition coefficient (Wildman–Crippen LogP) is 8.88. The van der Waals surface area contributed by atoms with Crippen molar-refractivity contribution >= 4 is 73.5 Å². The summed E-state index contributed by atoms with van der Waals surface area (Å²) < 4.78 is 31.9. The van der Waals surface area contributed by atoms with Gasteiger partial charge in [-0.3, -0.25) is 14.4 Å². The Hall–Kier alpha value is -4.60. The average molecular weight is 913 g/mol. The number of carbonyl (C=O) groups excluding carboxylic acids is 4. The number of rotatable bonds is 22. The van der Waals surface area contributed by atoms with Gasteiger partial charge in [-0.25, -0.2) is 4.79 Å². The lowest BCUT2D eigenvalue weighted by Crippen LogP contribution is -2.34. The van der Waals surface area contributed by atoms with E-state index in [0.29, 0.717) is 77.8 Å². The molecule has 61 heavy (non-hydrogen) atoms. The highest BCUT2D eigenvalue weighted by atomic mass is 79.9. The standard InChI is InChI=1S/C24H33NO5.C12H11NO.C11H22BrNO4/c1-24(2,3)30-23(27)6-5-12-28-14-15-29-13-11-25(4)22-10-9-20-16-19(18-26)7-8-21(20)17-22;1-13-12-5-4-10-6-9(8-14)2-3-11(10)7-12;1-11(2,3)17-10(14)13-5-7-16-9-8-15-6-4-12/h7-10,16-18H,5-6,11-15H2,1-4H3;2-8,13H,1H3;4-9H2,1-3H3,(H,13,14). The van der Waals surface area contributed by atoms with Crippen LogP contribution in [0.4, 0.5) is 16.2 Å². The number of amides is 1. The quantitative estimate of drug-likeness (QED) is 0.0336. The molecule has 0 fully saturated rings. The lowest BCUT2D eigenvalue weighted by atomic mass is 10.1. The molecular formula is C47H66BrN3O10. The number of ether oxygens (including phenoxy) is 6. The fourth-order valence-electron chi connectivity index (χ4n) is 5.34. The van der Waals surface area contributed by atoms with Crippen molar-refractivity contribution in [2.75, 3.05) is 95.6 Å². The lowest BCUT2D eigenvalue weighted by Gasteiger charge is -2.20. The van der Waals surface area contributed by atoms with Crippen molar-refractivity contribution in [3.8, 4) is 0 Å². The molecule has 2 N–H and O–H groups in total. The number of anilines is 2. The summed E-state index contributed by atoms with van der Waals surface area (Å²) in [7, 11) is 3.92. The summed E-state index contributed by atoms with van der Waals surface area (Å²) in [5.41, 5.74) is 2.68. The van der Waals surface area contributed by atoms with Crippen LogP contribution in [0.5, 0.6) is 0 Å². The van der Waals surface area contributed by atoms with Crippen molar-refractivity contribution in [3.05, 3.63) is 83.9 Å². The molecule has 14 heteroatoms. The van der Waals surface area contributed by atoms with Gasteiger partial charge in [0, 0.05) is 68.0 Å². The highest BCUT2D eigenvalue weighted by molar-refractivity contribution is 9.09. The number of nitrogens with one attached hydrogen (secondary N) is 2. The highest BCUT2D eigenvalue weighted by Gasteiger charge is 2.16. The number of hydrogen-bond acceptors (Lipinski definition) is 12. The van der Waals surface area contributed by atoms with Crippen molar-refractivity contribution in [2.24, 2.45) is 0 Å². The molecule has 0 saturated heterocycles. The molecule has 0 aliphatic rings. The zero-order valence-electron chi connectivity index (χ0n) is 37.2. The molecule has 0 unspecified atom stereocenters. The van der Waals surface area contributed by atoms with Crippen molar-refractivity contribution < 1.29 is 47.6 Å². The van der Waals surface area contributed by atoms with Crippen LogP contribution < -0.4 is 15.5 Å². The van der Waals surface area contributed by atoms with Gasteiger partial charge in [0.15, 0.2) is 0 Å². The van der Waals surface area contributed by atoms with Gasteiger partial charge in [0.1, 0.15) is 23.8 Å². The van der Waals surface area contributed by atoms with Gasteiger partial charge in [-0.05, 0) is 106 Å². The summed E-state index contributed by atoms with van der Waals surface area (Å²) in [5.74, 6) is -0.191. The van der Waals surface area contributed by atoms with Crippen LogP contribution >= 0.6 is 15.9 Å². The van der Waals surface area contributed by atoms with Crippen molar-refractivity contribution in [1.82, 2.24) is 5.32 Å². The molecule has 0 aliphatic heterocycles. The van der Waals surface area contributed by atoms with E-state index in [2.05, 4.69) is 43.6 Å². The van der Waals surface area contributed by atoms with Crippen LogP contribution in [0.15, 0.2) is 72.8 Å². The first-order valence-electron chi connectivity index (χ1n) is 20.5. The minimum atomic E-state index is -0.464. The Balaban J connectivity index is 0.000000348. The zero-order valence-corrected chi connectivity index (χ0v) is 38.8. The molecule has 0 aliphatic carbocycles. The largest absolute Gasteiger partial charge is 0.460 e. The summed E-state index contributed by atoms with van der Waals surface area (Å²) in [4.78, 5) is 46.4. The van der Waals surface area contributed by atoms with Crippen molar-refractivity contribution in [3.63, 3.8) is 0 Å². The van der Waals surface area contributed by atoms with Crippen LogP contribution in [0.1, 0.15) is 75.1 Å². The first kappa shape index (κ1) is 52.5. The Morgan fingerprint density at radius 3 is 1.70 bits per heavy atom. The second kappa shape index (κ2) is 28.8. The Morgan fingerprint density at radius 1 is 0.639 bits per heavy atom. The van der Waals surface area contributed by atoms with E-state index in [1.54, 1.807) is 0 Å². The molecule has 0 aromatic heterocycles. The number of alkyl carbamates (subject to hydrolysis) is 1. The minimum Gasteiger partial charge on any atom is -0.460 e. The maximum absolute atomic E-state index is 11.6. The van der Waals surface area contributed by atoms with Crippen molar-refractivity contribution in [2.45, 2.75) is 65.6 Å². The van der Waals surface area contributed by atoms with Gasteiger partial charge in [0.2, 0.25) is 0 Å². The molecule has 0 atom stereocenters. The third kappa shape index (κ3) is 23.8. The Morgan fingerprint density at radius 2 is 1.15 bits per heavy atom. The third-order valence-electron chi connectivity index (χ3n) is 8.25. The van der Waals surface area contributed by atoms with E-state index in [1.807, 2.05) is 116 Å². The lowest BCUT2D eigenvalue weighted by molar-refractivity contribution is -0.155. The van der Waals surface area contributed by atoms with Gasteiger partial charge in [0.25, 0.3) is 0 Å². The zero-order chi connectivity index (χ0) is 45.1. The molecule has 4 aromatic rings. The number of carbonyl (C=O) groups is 4. The molecule has 0 radical (unpaired) electrons. The summed E-state index contributed by atoms with van der Waals surface area (Å²) in [6, 6.07) is 23.6. The van der Waals surface area contributed by atoms with Gasteiger partial charge in [-0.1, -0.05) is 52.3 Å². The molecular weight excluding hydrogens is 846 g/mol. The number of hydrogen-bond donors (Lipinski definition) is 2. The molecule has 0 saturated carbocycles. The highest BCUT2D eigenvalue weighted by Crippen LogP contribution is 2.23. The molecule has 336 valence electrons. The molecule has 0 spiro atoms. The second-order valence-corrected chi connectivity index (χ2v) is 16.6. The van der Waals surface area contributed by atoms with Gasteiger partial charge in [-0.2, -0.15) is 0 Å². The number of nitrogens with zero attached hydrogens (tertiary/aromatic N) is 1. The van der Waals surface area contributed by atoms with Crippen LogP contribution in [-0.4, -0.2) is 121 Å². The summed E-state index contributed by atoms with van der Waals surface area (Å²) in [5, 5.41) is 10.9. The molecule has 4 aromatic carbocycles. The molecule has 0 bridgehead atoms. The number of aldehydes is 2. The molecule has 4 rings (SSSR count). The number of fused-ring (bicyclic) bond motifs is 2.